The number of alkyl halides is 2. The summed E-state index contributed by atoms with van der Waals surface area (Å²) in [6, 6.07) is 3.38. The number of rotatable bonds is 6. The van der Waals surface area contributed by atoms with Gasteiger partial charge in [-0.3, -0.25) is 14.3 Å². The van der Waals surface area contributed by atoms with Gasteiger partial charge in [0, 0.05) is 79.5 Å². The fourth-order valence-corrected chi connectivity index (χ4v) is 3.50. The van der Waals surface area contributed by atoms with E-state index in [0.29, 0.717) is 29.2 Å². The van der Waals surface area contributed by atoms with Gasteiger partial charge in [0.05, 0.1) is 0 Å². The number of aryl methyl sites for hydroxylation is 1. The molecular formula is C26H34F2N6O. The van der Waals surface area contributed by atoms with Crippen LogP contribution in [-0.2, 0) is 20.0 Å². The highest BCUT2D eigenvalue weighted by Gasteiger charge is 2.20. The molecule has 0 saturated carbocycles. The zero-order valence-corrected chi connectivity index (χ0v) is 21.1. The zero-order chi connectivity index (χ0) is 26.1. The van der Waals surface area contributed by atoms with Gasteiger partial charge in [0.15, 0.2) is 0 Å². The topological polar surface area (TPSA) is 89.4 Å². The highest BCUT2D eigenvalue weighted by Crippen LogP contribution is 2.26. The molecule has 3 heterocycles. The van der Waals surface area contributed by atoms with Crippen molar-refractivity contribution in [3.8, 4) is 0 Å². The first-order valence-corrected chi connectivity index (χ1v) is 11.5. The number of fused-ring (bicyclic) bond motifs is 1. The molecule has 0 unspecified atom stereocenters. The van der Waals surface area contributed by atoms with Crippen molar-refractivity contribution in [1.29, 1.82) is 0 Å². The van der Waals surface area contributed by atoms with Gasteiger partial charge < -0.3 is 10.6 Å². The van der Waals surface area contributed by atoms with Gasteiger partial charge in [-0.15, -0.1) is 0 Å². The van der Waals surface area contributed by atoms with Crippen LogP contribution in [0.2, 0.25) is 0 Å². The maximum Gasteiger partial charge on any atom is 0.331 e. The van der Waals surface area contributed by atoms with E-state index in [0.717, 1.165) is 41.7 Å². The number of nitrogens with two attached hydrogens (primary N) is 1. The molecule has 0 spiro atoms. The summed E-state index contributed by atoms with van der Waals surface area (Å²) in [7, 11) is 1.68. The molecule has 0 saturated heterocycles. The second-order valence-electron chi connectivity index (χ2n) is 8.31. The predicted molar refractivity (Wildman–Crippen MR) is 138 cm³/mol. The lowest BCUT2D eigenvalue weighted by Gasteiger charge is -2.32. The number of hydrogen-bond acceptors (Lipinski definition) is 6. The lowest BCUT2D eigenvalue weighted by Crippen LogP contribution is -2.30. The molecule has 0 amide bonds. The standard InChI is InChI=1S/C23H26F2N6O.C3H8/c1-14(7-21-29-15(2)8-22(32)30(21)4)16(3)31-6-5-20-18(13-31)9-17(11-27-20)19(10-26)12-28-23(24)25;1-3-2/h7-12,23H,3,5-6,13,26H2,1-2,4H3;3H2,1-2H3/b14-7-,19-10+,28-12+;. The molecule has 2 N–H and O–H groups in total. The Morgan fingerprint density at radius 1 is 1.34 bits per heavy atom. The van der Waals surface area contributed by atoms with Gasteiger partial charge in [-0.05, 0) is 37.1 Å². The average molecular weight is 485 g/mol. The van der Waals surface area contributed by atoms with Crippen LogP contribution in [0.15, 0.2) is 52.2 Å². The summed E-state index contributed by atoms with van der Waals surface area (Å²) in [5.74, 6) is 0.561. The highest BCUT2D eigenvalue weighted by atomic mass is 19.3. The Labute approximate surface area is 205 Å². The Morgan fingerprint density at radius 2 is 2.03 bits per heavy atom. The Balaban J connectivity index is 0.00000137. The van der Waals surface area contributed by atoms with Crippen LogP contribution in [0.4, 0.5) is 8.78 Å². The number of aliphatic imine (C=N–C) groups is 1. The highest BCUT2D eigenvalue weighted by molar-refractivity contribution is 6.09. The number of pyridine rings is 1. The van der Waals surface area contributed by atoms with Crippen LogP contribution in [-0.4, -0.2) is 38.7 Å². The molecule has 0 atom stereocenters. The summed E-state index contributed by atoms with van der Waals surface area (Å²) in [4.78, 5) is 26.2. The number of allylic oxidation sites excluding steroid dienone is 2. The first-order chi connectivity index (χ1) is 16.6. The molecule has 2 aromatic rings. The SMILES string of the molecule is C=C(/C(C)=C\c1nc(C)cc(=O)n1C)N1CCc2ncc(C(=C/N)/C=N/C(F)F)cc2C1.CCC. The van der Waals surface area contributed by atoms with Gasteiger partial charge >= 0.3 is 6.55 Å². The van der Waals surface area contributed by atoms with Crippen LogP contribution in [0.1, 0.15) is 55.5 Å². The third kappa shape index (κ3) is 7.43. The Hall–Kier alpha value is -3.62. The summed E-state index contributed by atoms with van der Waals surface area (Å²) in [6.45, 7) is 10.7. The van der Waals surface area contributed by atoms with Crippen molar-refractivity contribution in [3.63, 3.8) is 0 Å². The van der Waals surface area contributed by atoms with Crippen LogP contribution in [0.5, 0.6) is 0 Å². The van der Waals surface area contributed by atoms with Crippen molar-refractivity contribution in [2.45, 2.75) is 53.6 Å². The summed E-state index contributed by atoms with van der Waals surface area (Å²) < 4.78 is 26.4. The van der Waals surface area contributed by atoms with E-state index in [2.05, 4.69) is 40.3 Å². The van der Waals surface area contributed by atoms with Gasteiger partial charge in [0.1, 0.15) is 5.82 Å². The molecule has 9 heteroatoms. The largest absolute Gasteiger partial charge is 0.404 e. The second-order valence-corrected chi connectivity index (χ2v) is 8.31. The third-order valence-corrected chi connectivity index (χ3v) is 5.36. The van der Waals surface area contributed by atoms with Gasteiger partial charge in [-0.2, -0.15) is 8.78 Å². The summed E-state index contributed by atoms with van der Waals surface area (Å²) in [6.07, 6.45) is 7.72. The van der Waals surface area contributed by atoms with E-state index < -0.39 is 6.55 Å². The van der Waals surface area contributed by atoms with Crippen molar-refractivity contribution in [3.05, 3.63) is 81.1 Å². The normalized spacial score (nSPS) is 14.1. The number of halogens is 2. The first kappa shape index (κ1) is 27.6. The maximum absolute atomic E-state index is 12.4. The molecule has 7 nitrogen and oxygen atoms in total. The first-order valence-electron chi connectivity index (χ1n) is 11.5. The summed E-state index contributed by atoms with van der Waals surface area (Å²) in [5.41, 5.74) is 10.7. The second kappa shape index (κ2) is 12.7. The van der Waals surface area contributed by atoms with E-state index in [1.54, 1.807) is 20.2 Å². The van der Waals surface area contributed by atoms with Crippen molar-refractivity contribution in [2.75, 3.05) is 6.54 Å². The number of nitrogens with zero attached hydrogens (tertiary/aromatic N) is 5. The molecule has 35 heavy (non-hydrogen) atoms. The van der Waals surface area contributed by atoms with Crippen molar-refractivity contribution in [2.24, 2.45) is 17.8 Å². The predicted octanol–water partition coefficient (Wildman–Crippen LogP) is 4.47. The van der Waals surface area contributed by atoms with E-state index in [-0.39, 0.29) is 5.56 Å². The average Bonchev–Trinajstić information content (AvgIpc) is 2.82. The van der Waals surface area contributed by atoms with Crippen LogP contribution < -0.4 is 11.3 Å². The molecule has 0 aromatic carbocycles. The minimum Gasteiger partial charge on any atom is -0.404 e. The Bertz CT molecular complexity index is 1200. The number of hydrogen-bond donors (Lipinski definition) is 1. The van der Waals surface area contributed by atoms with Gasteiger partial charge in [0.25, 0.3) is 5.56 Å². The molecule has 1 aliphatic heterocycles. The van der Waals surface area contributed by atoms with E-state index in [4.69, 9.17) is 5.73 Å². The van der Waals surface area contributed by atoms with Gasteiger partial charge in [-0.1, -0.05) is 26.8 Å². The molecule has 0 radical (unpaired) electrons. The molecule has 0 fully saturated rings. The Morgan fingerprint density at radius 3 is 2.66 bits per heavy atom. The minimum atomic E-state index is -2.80. The smallest absolute Gasteiger partial charge is 0.331 e. The van der Waals surface area contributed by atoms with Gasteiger partial charge in [0.2, 0.25) is 0 Å². The minimum absolute atomic E-state index is 0.119. The molecule has 3 rings (SSSR count). The molecule has 0 aliphatic carbocycles. The quantitative estimate of drug-likeness (QED) is 0.371. The van der Waals surface area contributed by atoms with E-state index in [9.17, 15) is 13.6 Å². The van der Waals surface area contributed by atoms with Crippen LogP contribution in [0.3, 0.4) is 0 Å². The fourth-order valence-electron chi connectivity index (χ4n) is 3.50. The van der Waals surface area contributed by atoms with E-state index in [1.165, 1.54) is 23.3 Å². The Kier molecular flexibility index (Phi) is 10.1. The molecule has 2 aromatic heterocycles. The molecular weight excluding hydrogens is 450 g/mol. The molecule has 188 valence electrons. The van der Waals surface area contributed by atoms with Crippen LogP contribution in [0, 0.1) is 6.92 Å². The van der Waals surface area contributed by atoms with Crippen LogP contribution >= 0.6 is 0 Å². The number of aromatic nitrogens is 3. The van der Waals surface area contributed by atoms with E-state index >= 15 is 0 Å². The monoisotopic (exact) mass is 484 g/mol. The van der Waals surface area contributed by atoms with Crippen LogP contribution in [0.25, 0.3) is 11.6 Å². The lowest BCUT2D eigenvalue weighted by atomic mass is 10.00. The van der Waals surface area contributed by atoms with Gasteiger partial charge in [-0.25, -0.2) is 9.98 Å². The zero-order valence-electron chi connectivity index (χ0n) is 21.1. The lowest BCUT2D eigenvalue weighted by molar-refractivity contribution is 0.161. The van der Waals surface area contributed by atoms with Crippen molar-refractivity contribution >= 4 is 17.9 Å². The fraction of sp³-hybridized carbons (Fsp3) is 0.385. The molecule has 1 aliphatic rings. The third-order valence-electron chi connectivity index (χ3n) is 5.36. The van der Waals surface area contributed by atoms with E-state index in [1.807, 2.05) is 19.1 Å². The summed E-state index contributed by atoms with van der Waals surface area (Å²) >= 11 is 0. The summed E-state index contributed by atoms with van der Waals surface area (Å²) in [5, 5.41) is 0. The van der Waals surface area contributed by atoms with Crippen molar-refractivity contribution < 1.29 is 8.78 Å². The molecule has 0 bridgehead atoms. The maximum atomic E-state index is 12.4. The van der Waals surface area contributed by atoms with Crippen molar-refractivity contribution in [1.82, 2.24) is 19.4 Å².